The molecule has 2 rings (SSSR count). The zero-order valence-corrected chi connectivity index (χ0v) is 10.1. The first-order valence-electron chi connectivity index (χ1n) is 4.82. The first-order valence-corrected chi connectivity index (χ1v) is 5.20. The number of hydrogen-bond acceptors (Lipinski definition) is 3. The van der Waals surface area contributed by atoms with E-state index in [0.717, 1.165) is 17.0 Å². The molecule has 84 valence electrons. The highest BCUT2D eigenvalue weighted by atomic mass is 35.5. The number of rotatable bonds is 2. The van der Waals surface area contributed by atoms with Gasteiger partial charge in [-0.1, -0.05) is 11.6 Å². The molecule has 0 fully saturated rings. The van der Waals surface area contributed by atoms with E-state index in [0.29, 0.717) is 11.2 Å². The Bertz CT molecular complexity index is 522. The molecule has 4 nitrogen and oxygen atoms in total. The molecule has 0 amide bonds. The molecule has 2 heterocycles. The molecule has 0 unspecified atom stereocenters. The highest BCUT2D eigenvalue weighted by molar-refractivity contribution is 6.29. The summed E-state index contributed by atoms with van der Waals surface area (Å²) < 4.78 is 6.94. The summed E-state index contributed by atoms with van der Waals surface area (Å²) >= 11 is 5.81. The number of aromatic nitrogens is 3. The van der Waals surface area contributed by atoms with Gasteiger partial charge in [-0.2, -0.15) is 4.98 Å². The fourth-order valence-corrected chi connectivity index (χ4v) is 1.76. The average molecular weight is 238 g/mol. The van der Waals surface area contributed by atoms with Gasteiger partial charge >= 0.3 is 0 Å². The van der Waals surface area contributed by atoms with Crippen LogP contribution in [0.15, 0.2) is 18.3 Å². The van der Waals surface area contributed by atoms with Gasteiger partial charge in [0.05, 0.1) is 12.8 Å². The molecule has 0 spiro atoms. The monoisotopic (exact) mass is 237 g/mol. The first kappa shape index (κ1) is 11.0. The van der Waals surface area contributed by atoms with Crippen molar-refractivity contribution in [1.29, 1.82) is 0 Å². The Morgan fingerprint density at radius 2 is 2.06 bits per heavy atom. The number of hydrogen-bond donors (Lipinski definition) is 0. The molecule has 0 saturated carbocycles. The third kappa shape index (κ3) is 1.88. The standard InChI is InChI=1S/C11H12ClN3O/c1-7-8(4-5-10(12)13-7)9-6-15(2)11(14-9)16-3/h4-6H,1-3H3. The summed E-state index contributed by atoms with van der Waals surface area (Å²) in [5.74, 6) is 0. The minimum Gasteiger partial charge on any atom is -0.468 e. The van der Waals surface area contributed by atoms with Gasteiger partial charge in [-0.25, -0.2) is 4.98 Å². The molecule has 0 saturated heterocycles. The van der Waals surface area contributed by atoms with Crippen LogP contribution >= 0.6 is 11.6 Å². The maximum Gasteiger partial charge on any atom is 0.296 e. The van der Waals surface area contributed by atoms with Crippen LogP contribution in [0.3, 0.4) is 0 Å². The van der Waals surface area contributed by atoms with E-state index in [-0.39, 0.29) is 0 Å². The van der Waals surface area contributed by atoms with Gasteiger partial charge in [-0.3, -0.25) is 0 Å². The van der Waals surface area contributed by atoms with E-state index in [1.165, 1.54) is 0 Å². The van der Waals surface area contributed by atoms with Gasteiger partial charge in [0.25, 0.3) is 6.01 Å². The highest BCUT2D eigenvalue weighted by Gasteiger charge is 2.10. The fraction of sp³-hybridized carbons (Fsp3) is 0.273. The predicted octanol–water partition coefficient (Wildman–Crippen LogP) is 2.45. The zero-order valence-electron chi connectivity index (χ0n) is 9.36. The normalized spacial score (nSPS) is 10.5. The Hall–Kier alpha value is -1.55. The van der Waals surface area contributed by atoms with Crippen LogP contribution in [0.5, 0.6) is 6.01 Å². The SMILES string of the molecule is COc1nc(-c2ccc(Cl)nc2C)cn1C. The van der Waals surface area contributed by atoms with Crippen LogP contribution in [0.2, 0.25) is 5.15 Å². The average Bonchev–Trinajstić information content (AvgIpc) is 2.59. The number of imidazole rings is 1. The second-order valence-corrected chi connectivity index (χ2v) is 3.88. The van der Waals surface area contributed by atoms with E-state index in [4.69, 9.17) is 16.3 Å². The van der Waals surface area contributed by atoms with E-state index >= 15 is 0 Å². The largest absolute Gasteiger partial charge is 0.468 e. The van der Waals surface area contributed by atoms with Crippen molar-refractivity contribution in [2.45, 2.75) is 6.92 Å². The van der Waals surface area contributed by atoms with Crippen LogP contribution in [0, 0.1) is 6.92 Å². The van der Waals surface area contributed by atoms with Gasteiger partial charge in [-0.05, 0) is 19.1 Å². The lowest BCUT2D eigenvalue weighted by Gasteiger charge is -2.00. The summed E-state index contributed by atoms with van der Waals surface area (Å²) in [7, 11) is 3.48. The number of halogens is 1. The lowest BCUT2D eigenvalue weighted by atomic mass is 10.1. The lowest BCUT2D eigenvalue weighted by molar-refractivity contribution is 0.366. The highest BCUT2D eigenvalue weighted by Crippen LogP contribution is 2.24. The summed E-state index contributed by atoms with van der Waals surface area (Å²) in [4.78, 5) is 8.54. The second-order valence-electron chi connectivity index (χ2n) is 3.49. The molecule has 0 aromatic carbocycles. The summed E-state index contributed by atoms with van der Waals surface area (Å²) in [6.07, 6.45) is 1.90. The van der Waals surface area contributed by atoms with Gasteiger partial charge in [0, 0.05) is 24.5 Å². The first-order chi connectivity index (χ1) is 7.61. The van der Waals surface area contributed by atoms with E-state index < -0.39 is 0 Å². The Morgan fingerprint density at radius 1 is 1.31 bits per heavy atom. The van der Waals surface area contributed by atoms with Crippen molar-refractivity contribution in [3.8, 4) is 17.3 Å². The maximum absolute atomic E-state index is 5.81. The summed E-state index contributed by atoms with van der Waals surface area (Å²) in [5, 5.41) is 0.490. The summed E-state index contributed by atoms with van der Waals surface area (Å²) in [6, 6.07) is 4.24. The molecule has 0 atom stereocenters. The second kappa shape index (κ2) is 4.14. The molecule has 2 aromatic heterocycles. The van der Waals surface area contributed by atoms with Crippen molar-refractivity contribution in [2.24, 2.45) is 7.05 Å². The minimum absolute atomic E-state index is 0.490. The molecule has 0 aliphatic heterocycles. The molecule has 0 aliphatic rings. The van der Waals surface area contributed by atoms with Crippen LogP contribution in [-0.4, -0.2) is 21.6 Å². The molecular weight excluding hydrogens is 226 g/mol. The van der Waals surface area contributed by atoms with Crippen molar-refractivity contribution in [3.63, 3.8) is 0 Å². The van der Waals surface area contributed by atoms with Crippen LogP contribution in [0.25, 0.3) is 11.3 Å². The summed E-state index contributed by atoms with van der Waals surface area (Å²) in [5.41, 5.74) is 2.65. The van der Waals surface area contributed by atoms with Crippen molar-refractivity contribution < 1.29 is 4.74 Å². The van der Waals surface area contributed by atoms with Crippen molar-refractivity contribution >= 4 is 11.6 Å². The lowest BCUT2D eigenvalue weighted by Crippen LogP contribution is -1.92. The number of ether oxygens (including phenoxy) is 1. The molecule has 5 heteroatoms. The van der Waals surface area contributed by atoms with Crippen LogP contribution in [0.1, 0.15) is 5.69 Å². The predicted molar refractivity (Wildman–Crippen MR) is 62.7 cm³/mol. The van der Waals surface area contributed by atoms with Crippen LogP contribution in [-0.2, 0) is 7.05 Å². The summed E-state index contributed by atoms with van der Waals surface area (Å²) in [6.45, 7) is 1.91. The maximum atomic E-state index is 5.81. The number of pyridine rings is 1. The van der Waals surface area contributed by atoms with Crippen molar-refractivity contribution in [3.05, 3.63) is 29.2 Å². The number of aryl methyl sites for hydroxylation is 2. The molecule has 0 aliphatic carbocycles. The van der Waals surface area contributed by atoms with Gasteiger partial charge in [-0.15, -0.1) is 0 Å². The third-order valence-electron chi connectivity index (χ3n) is 2.34. The molecular formula is C11H12ClN3O. The van der Waals surface area contributed by atoms with E-state index in [1.54, 1.807) is 13.2 Å². The zero-order chi connectivity index (χ0) is 11.7. The molecule has 0 bridgehead atoms. The van der Waals surface area contributed by atoms with Gasteiger partial charge in [0.1, 0.15) is 5.15 Å². The molecule has 0 N–H and O–H groups in total. The fourth-order valence-electron chi connectivity index (χ4n) is 1.57. The third-order valence-corrected chi connectivity index (χ3v) is 2.55. The molecule has 0 radical (unpaired) electrons. The topological polar surface area (TPSA) is 39.9 Å². The Morgan fingerprint density at radius 3 is 2.62 bits per heavy atom. The van der Waals surface area contributed by atoms with E-state index in [1.807, 2.05) is 30.8 Å². The van der Waals surface area contributed by atoms with Gasteiger partial charge in [0.15, 0.2) is 0 Å². The number of methoxy groups -OCH3 is 1. The smallest absolute Gasteiger partial charge is 0.296 e. The Balaban J connectivity index is 2.50. The van der Waals surface area contributed by atoms with Gasteiger partial charge in [0.2, 0.25) is 0 Å². The Labute approximate surface area is 98.9 Å². The Kier molecular flexibility index (Phi) is 2.83. The van der Waals surface area contributed by atoms with E-state index in [9.17, 15) is 0 Å². The quantitative estimate of drug-likeness (QED) is 0.754. The minimum atomic E-state index is 0.490. The number of nitrogens with zero attached hydrogens (tertiary/aromatic N) is 3. The van der Waals surface area contributed by atoms with E-state index in [2.05, 4.69) is 9.97 Å². The van der Waals surface area contributed by atoms with Crippen molar-refractivity contribution in [2.75, 3.05) is 7.11 Å². The van der Waals surface area contributed by atoms with Crippen LogP contribution < -0.4 is 4.74 Å². The van der Waals surface area contributed by atoms with Crippen molar-refractivity contribution in [1.82, 2.24) is 14.5 Å². The van der Waals surface area contributed by atoms with Gasteiger partial charge < -0.3 is 9.30 Å². The molecule has 16 heavy (non-hydrogen) atoms. The molecule has 2 aromatic rings. The van der Waals surface area contributed by atoms with Crippen LogP contribution in [0.4, 0.5) is 0 Å².